The minimum absolute atomic E-state index is 0.0472. The van der Waals surface area contributed by atoms with Crippen molar-refractivity contribution in [3.05, 3.63) is 66.2 Å². The molecule has 0 heterocycles. The number of hydrogen-bond donors (Lipinski definition) is 3. The van der Waals surface area contributed by atoms with Crippen molar-refractivity contribution >= 4 is 40.9 Å². The maximum atomic E-state index is 12.8. The number of thioether (sulfide) groups is 1. The first-order chi connectivity index (χ1) is 15.6. The minimum Gasteiger partial charge on any atom is -0.481 e. The van der Waals surface area contributed by atoms with Crippen LogP contribution >= 0.6 is 11.8 Å². The number of aliphatic carboxylic acids is 1. The van der Waals surface area contributed by atoms with Gasteiger partial charge in [0, 0.05) is 16.3 Å². The van der Waals surface area contributed by atoms with Gasteiger partial charge in [0.05, 0.1) is 23.2 Å². The molecule has 2 amide bonds. The summed E-state index contributed by atoms with van der Waals surface area (Å²) >= 11 is 1.15. The highest BCUT2D eigenvalue weighted by Crippen LogP contribution is 2.31. The molecule has 33 heavy (non-hydrogen) atoms. The summed E-state index contributed by atoms with van der Waals surface area (Å²) in [5.74, 6) is -3.41. The van der Waals surface area contributed by atoms with Crippen LogP contribution in [0.1, 0.15) is 18.4 Å². The van der Waals surface area contributed by atoms with Gasteiger partial charge in [-0.2, -0.15) is 13.2 Å². The van der Waals surface area contributed by atoms with Crippen LogP contribution in [-0.4, -0.2) is 28.6 Å². The zero-order chi connectivity index (χ0) is 24.0. The molecular weight excluding hydrogens is 457 g/mol. The van der Waals surface area contributed by atoms with Crippen LogP contribution in [0.15, 0.2) is 65.6 Å². The number of hydrogen-bond acceptors (Lipinski definition) is 4. The molecule has 6 nitrogen and oxygen atoms in total. The van der Waals surface area contributed by atoms with E-state index in [-0.39, 0.29) is 11.4 Å². The molecule has 0 aromatic heterocycles. The summed E-state index contributed by atoms with van der Waals surface area (Å²) < 4.78 is 38.4. The zero-order valence-corrected chi connectivity index (χ0v) is 18.1. The lowest BCUT2D eigenvalue weighted by Crippen LogP contribution is -2.34. The predicted octanol–water partition coefficient (Wildman–Crippen LogP) is 5.04. The Hall–Kier alpha value is -3.27. The van der Waals surface area contributed by atoms with E-state index in [2.05, 4.69) is 10.6 Å². The van der Waals surface area contributed by atoms with Crippen LogP contribution in [-0.2, 0) is 20.6 Å². The lowest BCUT2D eigenvalue weighted by Gasteiger charge is -2.24. The van der Waals surface area contributed by atoms with Gasteiger partial charge in [-0.1, -0.05) is 24.3 Å². The highest BCUT2D eigenvalue weighted by atomic mass is 32.2. The summed E-state index contributed by atoms with van der Waals surface area (Å²) in [6.45, 7) is 0. The molecule has 1 aliphatic rings. The second kappa shape index (κ2) is 10.6. The zero-order valence-electron chi connectivity index (χ0n) is 17.3. The number of carboxylic acid groups (broad SMARTS) is 1. The summed E-state index contributed by atoms with van der Waals surface area (Å²) in [7, 11) is 0. The summed E-state index contributed by atoms with van der Waals surface area (Å²) in [6, 6.07) is 11.1. The first kappa shape index (κ1) is 24.4. The maximum absolute atomic E-state index is 12.8. The van der Waals surface area contributed by atoms with Gasteiger partial charge in [-0.15, -0.1) is 11.8 Å². The molecule has 0 saturated carbocycles. The Morgan fingerprint density at radius 3 is 2.24 bits per heavy atom. The average Bonchev–Trinajstić information content (AvgIpc) is 2.77. The van der Waals surface area contributed by atoms with E-state index < -0.39 is 41.4 Å². The third kappa shape index (κ3) is 6.85. The average molecular weight is 478 g/mol. The van der Waals surface area contributed by atoms with Gasteiger partial charge in [0.25, 0.3) is 0 Å². The Labute approximate surface area is 192 Å². The van der Waals surface area contributed by atoms with E-state index in [9.17, 15) is 32.7 Å². The first-order valence-electron chi connectivity index (χ1n) is 10.0. The number of nitrogens with one attached hydrogen (secondary N) is 2. The van der Waals surface area contributed by atoms with Crippen LogP contribution in [0.25, 0.3) is 0 Å². The second-order valence-corrected chi connectivity index (χ2v) is 8.48. The number of anilines is 2. The lowest BCUT2D eigenvalue weighted by molar-refractivity contribution is -0.146. The molecule has 1 aliphatic carbocycles. The molecule has 2 atom stereocenters. The fourth-order valence-corrected chi connectivity index (χ4v) is 4.15. The van der Waals surface area contributed by atoms with Gasteiger partial charge in [-0.25, -0.2) is 0 Å². The van der Waals surface area contributed by atoms with E-state index in [0.29, 0.717) is 23.4 Å². The standard InChI is InChI=1S/C23H21F3N2O4S/c24-23(25,26)14-5-3-6-15(11-14)27-20(29)13-33-17-8-4-7-16(12-17)28-21(30)18-9-1-2-10-19(18)22(31)32/h1-8,11-12,18-19H,9-10,13H2,(H,27,29)(H,28,30)(H,31,32). The number of halogens is 3. The van der Waals surface area contributed by atoms with E-state index in [1.54, 1.807) is 36.4 Å². The summed E-state index contributed by atoms with van der Waals surface area (Å²) in [4.78, 5) is 36.8. The van der Waals surface area contributed by atoms with Crippen LogP contribution in [0.3, 0.4) is 0 Å². The molecule has 2 aromatic carbocycles. The van der Waals surface area contributed by atoms with Crippen molar-refractivity contribution in [3.8, 4) is 0 Å². The number of carbonyl (C=O) groups excluding carboxylic acids is 2. The molecular formula is C23H21F3N2O4S. The van der Waals surface area contributed by atoms with Crippen LogP contribution < -0.4 is 10.6 Å². The summed E-state index contributed by atoms with van der Waals surface area (Å²) in [6.07, 6.45) is -0.320. The largest absolute Gasteiger partial charge is 0.481 e. The molecule has 2 aromatic rings. The quantitative estimate of drug-likeness (QED) is 0.383. The van der Waals surface area contributed by atoms with Gasteiger partial charge in [0.1, 0.15) is 0 Å². The highest BCUT2D eigenvalue weighted by molar-refractivity contribution is 8.00. The van der Waals surface area contributed by atoms with Crippen molar-refractivity contribution in [2.45, 2.75) is 23.9 Å². The number of carboxylic acids is 1. The van der Waals surface area contributed by atoms with Crippen molar-refractivity contribution < 1.29 is 32.7 Å². The SMILES string of the molecule is O=C(CSc1cccc(NC(=O)C2CC=CCC2C(=O)O)c1)Nc1cccc(C(F)(F)F)c1. The monoisotopic (exact) mass is 478 g/mol. The first-order valence-corrected chi connectivity index (χ1v) is 11.0. The minimum atomic E-state index is -4.50. The third-order valence-electron chi connectivity index (χ3n) is 5.03. The second-order valence-electron chi connectivity index (χ2n) is 7.43. The molecule has 2 unspecified atom stereocenters. The number of benzene rings is 2. The van der Waals surface area contributed by atoms with Crippen LogP contribution in [0.4, 0.5) is 24.5 Å². The van der Waals surface area contributed by atoms with Crippen molar-refractivity contribution in [2.24, 2.45) is 11.8 Å². The fraction of sp³-hybridized carbons (Fsp3) is 0.261. The topological polar surface area (TPSA) is 95.5 Å². The Balaban J connectivity index is 1.57. The number of rotatable bonds is 7. The number of alkyl halides is 3. The van der Waals surface area contributed by atoms with Crippen molar-refractivity contribution in [3.63, 3.8) is 0 Å². The van der Waals surface area contributed by atoms with E-state index in [4.69, 9.17) is 0 Å². The maximum Gasteiger partial charge on any atom is 0.416 e. The van der Waals surface area contributed by atoms with E-state index in [1.165, 1.54) is 12.1 Å². The molecule has 174 valence electrons. The number of carbonyl (C=O) groups is 3. The Morgan fingerprint density at radius 1 is 0.939 bits per heavy atom. The predicted molar refractivity (Wildman–Crippen MR) is 119 cm³/mol. The van der Waals surface area contributed by atoms with Gasteiger partial charge in [-0.3, -0.25) is 14.4 Å². The van der Waals surface area contributed by atoms with Gasteiger partial charge in [0.15, 0.2) is 0 Å². The molecule has 3 rings (SSSR count). The molecule has 0 fully saturated rings. The highest BCUT2D eigenvalue weighted by Gasteiger charge is 2.34. The van der Waals surface area contributed by atoms with E-state index >= 15 is 0 Å². The van der Waals surface area contributed by atoms with Crippen molar-refractivity contribution in [1.82, 2.24) is 0 Å². The number of amides is 2. The van der Waals surface area contributed by atoms with E-state index in [1.807, 2.05) is 0 Å². The van der Waals surface area contributed by atoms with Gasteiger partial charge < -0.3 is 15.7 Å². The Morgan fingerprint density at radius 2 is 1.58 bits per heavy atom. The van der Waals surface area contributed by atoms with Crippen molar-refractivity contribution in [1.29, 1.82) is 0 Å². The smallest absolute Gasteiger partial charge is 0.416 e. The fourth-order valence-electron chi connectivity index (χ4n) is 3.39. The van der Waals surface area contributed by atoms with E-state index in [0.717, 1.165) is 23.9 Å². The molecule has 0 radical (unpaired) electrons. The third-order valence-corrected chi connectivity index (χ3v) is 6.03. The number of allylic oxidation sites excluding steroid dienone is 2. The molecule has 0 bridgehead atoms. The summed E-state index contributed by atoms with van der Waals surface area (Å²) in [5, 5.41) is 14.5. The molecule has 10 heteroatoms. The molecule has 3 N–H and O–H groups in total. The molecule has 0 aliphatic heterocycles. The lowest BCUT2D eigenvalue weighted by atomic mass is 9.82. The van der Waals surface area contributed by atoms with Gasteiger partial charge >= 0.3 is 12.1 Å². The Kier molecular flexibility index (Phi) is 7.80. The van der Waals surface area contributed by atoms with Gasteiger partial charge in [-0.05, 0) is 49.2 Å². The van der Waals surface area contributed by atoms with Crippen molar-refractivity contribution in [2.75, 3.05) is 16.4 Å². The molecule has 0 spiro atoms. The van der Waals surface area contributed by atoms with Crippen LogP contribution in [0.2, 0.25) is 0 Å². The van der Waals surface area contributed by atoms with Crippen LogP contribution in [0, 0.1) is 11.8 Å². The summed E-state index contributed by atoms with van der Waals surface area (Å²) in [5.41, 5.74) is -0.345. The normalized spacial score (nSPS) is 17.9. The Bertz CT molecular complexity index is 1070. The molecule has 0 saturated heterocycles. The van der Waals surface area contributed by atoms with Gasteiger partial charge in [0.2, 0.25) is 11.8 Å². The van der Waals surface area contributed by atoms with Crippen LogP contribution in [0.5, 0.6) is 0 Å².